The minimum atomic E-state index is -2.35. The fraction of sp³-hybridized carbons (Fsp3) is 0.864. The first kappa shape index (κ1) is 26.7. The van der Waals surface area contributed by atoms with Gasteiger partial charge in [-0.15, -0.1) is 0 Å². The number of ether oxygens (including phenoxy) is 2. The van der Waals surface area contributed by atoms with Gasteiger partial charge in [0.05, 0.1) is 6.61 Å². The first-order valence-corrected chi connectivity index (χ1v) is 12.8. The molecule has 3 fully saturated rings. The van der Waals surface area contributed by atoms with Crippen molar-refractivity contribution in [3.05, 3.63) is 0 Å². The third-order valence-corrected chi connectivity index (χ3v) is 8.54. The second-order valence-electron chi connectivity index (χ2n) is 10.4. The van der Waals surface area contributed by atoms with Gasteiger partial charge in [-0.1, -0.05) is 45.7 Å². The topological polar surface area (TPSA) is 105 Å². The molecule has 0 heterocycles. The molecule has 0 aliphatic heterocycles. The summed E-state index contributed by atoms with van der Waals surface area (Å²) in [6, 6.07) is 0. The maximum atomic E-state index is 13.5. The third-order valence-electron chi connectivity index (χ3n) is 6.92. The van der Waals surface area contributed by atoms with Crippen LogP contribution in [-0.2, 0) is 19.1 Å². The van der Waals surface area contributed by atoms with Gasteiger partial charge < -0.3 is 19.7 Å². The zero-order chi connectivity index (χ0) is 24.0. The molecule has 1 unspecified atom stereocenters. The highest BCUT2D eigenvalue weighted by molar-refractivity contribution is 9.09. The highest BCUT2D eigenvalue weighted by Gasteiger charge is 2.66. The Kier molecular flexibility index (Phi) is 7.49. The second kappa shape index (κ2) is 8.69. The lowest BCUT2D eigenvalue weighted by Gasteiger charge is -2.63. The number of aliphatic imine (C=N–C) groups is 1. The van der Waals surface area contributed by atoms with E-state index in [1.165, 1.54) is 0 Å². The highest BCUT2D eigenvalue weighted by Crippen LogP contribution is 2.62. The maximum Gasteiger partial charge on any atom is 0.342 e. The molecular weight excluding hydrogens is 534 g/mol. The van der Waals surface area contributed by atoms with Crippen LogP contribution in [0.15, 0.2) is 4.99 Å². The van der Waals surface area contributed by atoms with Crippen molar-refractivity contribution >= 4 is 49.5 Å². The molecule has 0 spiro atoms. The molecule has 0 amide bonds. The van der Waals surface area contributed by atoms with Crippen molar-refractivity contribution in [2.45, 2.75) is 83.6 Å². The van der Waals surface area contributed by atoms with E-state index in [1.54, 1.807) is 34.6 Å². The molecular formula is C22H35Br2NO6. The number of carbonyl (C=O) groups is 2. The second-order valence-corrected chi connectivity index (χ2v) is 11.5. The van der Waals surface area contributed by atoms with Crippen LogP contribution in [0.1, 0.15) is 61.3 Å². The number of nitrogens with zero attached hydrogens (tertiary/aromatic N) is 1. The molecule has 3 saturated carbocycles. The molecule has 2 N–H and O–H groups in total. The monoisotopic (exact) mass is 567 g/mol. The maximum absolute atomic E-state index is 13.5. The number of halogens is 2. The fourth-order valence-electron chi connectivity index (χ4n) is 4.80. The largest absolute Gasteiger partial charge is 0.464 e. The van der Waals surface area contributed by atoms with E-state index < -0.39 is 34.3 Å². The molecule has 2 bridgehead atoms. The smallest absolute Gasteiger partial charge is 0.342 e. The van der Waals surface area contributed by atoms with Crippen LogP contribution in [-0.4, -0.2) is 67.5 Å². The Morgan fingerprint density at radius 1 is 1.16 bits per heavy atom. The van der Waals surface area contributed by atoms with Crippen LogP contribution < -0.4 is 0 Å². The summed E-state index contributed by atoms with van der Waals surface area (Å²) in [6.45, 7) is 12.7. The Morgan fingerprint density at radius 2 is 1.74 bits per heavy atom. The van der Waals surface area contributed by atoms with Gasteiger partial charge in [-0.2, -0.15) is 0 Å². The van der Waals surface area contributed by atoms with Gasteiger partial charge in [-0.3, -0.25) is 4.99 Å². The van der Waals surface area contributed by atoms with E-state index in [0.29, 0.717) is 18.1 Å². The molecule has 31 heavy (non-hydrogen) atoms. The first-order chi connectivity index (χ1) is 14.0. The zero-order valence-corrected chi connectivity index (χ0v) is 22.6. The minimum Gasteiger partial charge on any atom is -0.464 e. The van der Waals surface area contributed by atoms with E-state index in [2.05, 4.69) is 50.7 Å². The van der Waals surface area contributed by atoms with Crippen molar-refractivity contribution < 1.29 is 29.3 Å². The van der Waals surface area contributed by atoms with Crippen LogP contribution >= 0.6 is 31.9 Å². The average molecular weight is 569 g/mol. The molecule has 3 aliphatic rings. The molecule has 3 aliphatic carbocycles. The van der Waals surface area contributed by atoms with Crippen LogP contribution in [0.5, 0.6) is 0 Å². The number of carbonyl (C=O) groups excluding carboxylic acids is 2. The van der Waals surface area contributed by atoms with E-state index in [1.807, 2.05) is 0 Å². The fourth-order valence-corrected chi connectivity index (χ4v) is 6.31. The van der Waals surface area contributed by atoms with E-state index in [9.17, 15) is 19.8 Å². The van der Waals surface area contributed by atoms with Gasteiger partial charge >= 0.3 is 11.9 Å². The highest BCUT2D eigenvalue weighted by atomic mass is 79.9. The number of esters is 2. The van der Waals surface area contributed by atoms with Crippen LogP contribution in [0, 0.1) is 17.3 Å². The van der Waals surface area contributed by atoms with Gasteiger partial charge in [-0.25, -0.2) is 9.59 Å². The summed E-state index contributed by atoms with van der Waals surface area (Å²) in [6.07, 6.45) is 1.34. The van der Waals surface area contributed by atoms with Crippen LogP contribution in [0.4, 0.5) is 0 Å². The van der Waals surface area contributed by atoms with Gasteiger partial charge in [0, 0.05) is 16.4 Å². The van der Waals surface area contributed by atoms with Crippen molar-refractivity contribution in [1.29, 1.82) is 0 Å². The van der Waals surface area contributed by atoms with Crippen molar-refractivity contribution in [3.63, 3.8) is 0 Å². The standard InChI is InChI=1S/C22H35Br2NO6/c1-8-30-17(27)22(29,12-24)21(11-23,16(26)31-18(2,3)4)25-15-10-13-9-14(19(13,5)6)20(15,7)28/h13-14,28-29H,8-12H2,1-7H3/t13-,14-,20-,21-,22?/m1/s1. The van der Waals surface area contributed by atoms with Gasteiger partial charge in [0.1, 0.15) is 11.2 Å². The van der Waals surface area contributed by atoms with Crippen LogP contribution in [0.25, 0.3) is 0 Å². The van der Waals surface area contributed by atoms with E-state index in [4.69, 9.17) is 9.47 Å². The normalized spacial score (nSPS) is 32.4. The summed E-state index contributed by atoms with van der Waals surface area (Å²) >= 11 is 6.50. The summed E-state index contributed by atoms with van der Waals surface area (Å²) < 4.78 is 10.7. The number of rotatable bonds is 7. The van der Waals surface area contributed by atoms with E-state index in [-0.39, 0.29) is 28.6 Å². The van der Waals surface area contributed by atoms with Gasteiger partial charge in [0.2, 0.25) is 11.1 Å². The lowest BCUT2D eigenvalue weighted by molar-refractivity contribution is -0.184. The Morgan fingerprint density at radius 3 is 2.13 bits per heavy atom. The van der Waals surface area contributed by atoms with E-state index >= 15 is 0 Å². The Bertz CT molecular complexity index is 760. The number of hydrogen-bond acceptors (Lipinski definition) is 7. The van der Waals surface area contributed by atoms with Crippen molar-refractivity contribution in [2.75, 3.05) is 17.3 Å². The number of aliphatic hydroxyl groups is 2. The molecule has 5 atom stereocenters. The molecule has 178 valence electrons. The molecule has 9 heteroatoms. The summed E-state index contributed by atoms with van der Waals surface area (Å²) in [5, 5.41) is 22.5. The Hall–Kier alpha value is -0.510. The summed E-state index contributed by atoms with van der Waals surface area (Å²) in [4.78, 5) is 31.1. The predicted octanol–water partition coefficient (Wildman–Crippen LogP) is 3.41. The number of fused-ring (bicyclic) bond motifs is 2. The Labute approximate surface area is 201 Å². The Balaban J connectivity index is 2.69. The minimum absolute atomic E-state index is 0.0213. The molecule has 3 rings (SSSR count). The molecule has 0 aromatic rings. The molecule has 0 aromatic heterocycles. The van der Waals surface area contributed by atoms with Gasteiger partial charge in [-0.05, 0) is 64.7 Å². The van der Waals surface area contributed by atoms with Gasteiger partial charge in [0.15, 0.2) is 0 Å². The predicted molar refractivity (Wildman–Crippen MR) is 126 cm³/mol. The van der Waals surface area contributed by atoms with E-state index in [0.717, 1.165) is 6.42 Å². The van der Waals surface area contributed by atoms with Crippen molar-refractivity contribution in [2.24, 2.45) is 22.2 Å². The molecule has 0 aromatic carbocycles. The SMILES string of the molecule is CCOC(=O)C(O)(CBr)[C@](CBr)(N=C1C[C@H]2C[C@H](C2(C)C)[C@@]1(C)O)C(=O)OC(C)(C)C. The molecule has 0 saturated heterocycles. The average Bonchev–Trinajstić information content (AvgIpc) is 2.64. The molecule has 0 radical (unpaired) electrons. The summed E-state index contributed by atoms with van der Waals surface area (Å²) in [5.41, 5.74) is -6.24. The number of alkyl halides is 2. The van der Waals surface area contributed by atoms with Crippen LogP contribution in [0.3, 0.4) is 0 Å². The van der Waals surface area contributed by atoms with Gasteiger partial charge in [0.25, 0.3) is 0 Å². The zero-order valence-electron chi connectivity index (χ0n) is 19.4. The summed E-state index contributed by atoms with van der Waals surface area (Å²) in [7, 11) is 0. The van der Waals surface area contributed by atoms with Crippen molar-refractivity contribution in [1.82, 2.24) is 0 Å². The van der Waals surface area contributed by atoms with Crippen LogP contribution in [0.2, 0.25) is 0 Å². The quantitative estimate of drug-likeness (QED) is 0.360. The van der Waals surface area contributed by atoms with Crippen molar-refractivity contribution in [3.8, 4) is 0 Å². The number of hydrogen-bond donors (Lipinski definition) is 2. The molecule has 7 nitrogen and oxygen atoms in total. The first-order valence-electron chi connectivity index (χ1n) is 10.6. The lowest BCUT2D eigenvalue weighted by atomic mass is 9.44. The summed E-state index contributed by atoms with van der Waals surface area (Å²) in [5.74, 6) is -1.59. The third kappa shape index (κ3) is 4.36. The lowest BCUT2D eigenvalue weighted by Crippen LogP contribution is -2.69.